The zero-order chi connectivity index (χ0) is 18.9. The summed E-state index contributed by atoms with van der Waals surface area (Å²) < 4.78 is 0. The highest BCUT2D eigenvalue weighted by Crippen LogP contribution is 2.28. The normalized spacial score (nSPS) is 10.4. The van der Waals surface area contributed by atoms with E-state index in [-0.39, 0.29) is 5.41 Å². The van der Waals surface area contributed by atoms with Crippen LogP contribution in [-0.2, 0) is 5.41 Å². The molecule has 2 N–H and O–H groups in total. The summed E-state index contributed by atoms with van der Waals surface area (Å²) in [5, 5.41) is 0. The predicted octanol–water partition coefficient (Wildman–Crippen LogP) is 7.00. The summed E-state index contributed by atoms with van der Waals surface area (Å²) in [5.74, 6) is 0.529. The van der Waals surface area contributed by atoms with Gasteiger partial charge in [0.15, 0.2) is 0 Å². The predicted molar refractivity (Wildman–Crippen MR) is 113 cm³/mol. The summed E-state index contributed by atoms with van der Waals surface area (Å²) in [6, 6.07) is 14.3. The lowest BCUT2D eigenvalue weighted by atomic mass is 9.84. The summed E-state index contributed by atoms with van der Waals surface area (Å²) in [4.78, 5) is 1.09. The number of hydrogen-bond acceptors (Lipinski definition) is 2. The monoisotopic (exact) mass is 345 g/mol. The fraction of sp³-hybridized carbons (Fsp3) is 0.455. The van der Waals surface area contributed by atoms with E-state index in [1.807, 2.05) is 38.1 Å². The van der Waals surface area contributed by atoms with E-state index in [1.165, 1.54) is 16.7 Å². The van der Waals surface area contributed by atoms with Crippen molar-refractivity contribution in [3.05, 3.63) is 59.2 Å². The van der Waals surface area contributed by atoms with Crippen LogP contribution in [0.4, 0.5) is 5.69 Å². The summed E-state index contributed by atoms with van der Waals surface area (Å²) in [7, 11) is 0. The van der Waals surface area contributed by atoms with E-state index >= 15 is 0 Å². The molecule has 0 unspecified atom stereocenters. The topological polar surface area (TPSA) is 26.0 Å². The first-order chi connectivity index (χ1) is 11.1. The number of rotatable bonds is 1. The highest BCUT2D eigenvalue weighted by atomic mass is 32.1. The van der Waals surface area contributed by atoms with E-state index in [2.05, 4.69) is 72.4 Å². The van der Waals surface area contributed by atoms with Crippen molar-refractivity contribution in [2.24, 2.45) is 0 Å². The van der Waals surface area contributed by atoms with Gasteiger partial charge in [0.25, 0.3) is 0 Å². The summed E-state index contributed by atoms with van der Waals surface area (Å²) in [6.45, 7) is 17.1. The summed E-state index contributed by atoms with van der Waals surface area (Å²) in [6.07, 6.45) is 0. The molecule has 1 nitrogen and oxygen atoms in total. The zero-order valence-electron chi connectivity index (χ0n) is 16.6. The van der Waals surface area contributed by atoms with Gasteiger partial charge in [0.2, 0.25) is 0 Å². The Bertz CT molecular complexity index is 610. The number of benzene rings is 2. The molecule has 0 amide bonds. The molecular weight excluding hydrogens is 310 g/mol. The fourth-order valence-electron chi connectivity index (χ4n) is 2.47. The van der Waals surface area contributed by atoms with Crippen LogP contribution in [0, 0.1) is 6.92 Å². The van der Waals surface area contributed by atoms with Gasteiger partial charge in [-0.1, -0.05) is 78.8 Å². The quantitative estimate of drug-likeness (QED) is 0.422. The minimum absolute atomic E-state index is 0.225. The number of hydrogen-bond donors (Lipinski definition) is 2. The molecule has 0 atom stereocenters. The summed E-state index contributed by atoms with van der Waals surface area (Å²) in [5.41, 5.74) is 10.8. The molecule has 0 saturated heterocycles. The zero-order valence-corrected chi connectivity index (χ0v) is 17.5. The Morgan fingerprint density at radius 3 is 1.83 bits per heavy atom. The van der Waals surface area contributed by atoms with Gasteiger partial charge >= 0.3 is 0 Å². The SMILES string of the molecule is CC.CC(C)c1ccccc1N.Cc1c(S)cccc1C(C)(C)C. The molecule has 0 aliphatic rings. The molecular formula is C22H35NS. The molecule has 0 bridgehead atoms. The van der Waals surface area contributed by atoms with Gasteiger partial charge in [0.1, 0.15) is 0 Å². The Hall–Kier alpha value is -1.41. The number of para-hydroxylation sites is 1. The molecule has 0 heterocycles. The van der Waals surface area contributed by atoms with Crippen LogP contribution in [0.1, 0.15) is 71.1 Å². The number of nitrogen functional groups attached to an aromatic ring is 1. The highest BCUT2D eigenvalue weighted by Gasteiger charge is 2.16. The molecule has 24 heavy (non-hydrogen) atoms. The van der Waals surface area contributed by atoms with Crippen LogP contribution in [0.25, 0.3) is 0 Å². The van der Waals surface area contributed by atoms with Crippen molar-refractivity contribution in [1.29, 1.82) is 0 Å². The molecule has 0 aromatic heterocycles. The molecule has 2 rings (SSSR count). The van der Waals surface area contributed by atoms with E-state index < -0.39 is 0 Å². The van der Waals surface area contributed by atoms with Crippen molar-refractivity contribution in [3.8, 4) is 0 Å². The second-order valence-electron chi connectivity index (χ2n) is 6.98. The van der Waals surface area contributed by atoms with Crippen molar-refractivity contribution < 1.29 is 0 Å². The number of thiol groups is 1. The van der Waals surface area contributed by atoms with Crippen molar-refractivity contribution in [2.45, 2.75) is 71.6 Å². The van der Waals surface area contributed by atoms with Crippen LogP contribution < -0.4 is 5.73 Å². The molecule has 2 aromatic rings. The average molecular weight is 346 g/mol. The van der Waals surface area contributed by atoms with E-state index in [0.717, 1.165) is 10.6 Å². The maximum absolute atomic E-state index is 5.72. The largest absolute Gasteiger partial charge is 0.398 e. The third-order valence-corrected chi connectivity index (χ3v) is 4.22. The van der Waals surface area contributed by atoms with Crippen LogP contribution in [0.15, 0.2) is 47.4 Å². The highest BCUT2D eigenvalue weighted by molar-refractivity contribution is 7.80. The standard InChI is InChI=1S/C11H16S.C9H13N.C2H6/c1-8-9(11(2,3)4)6-5-7-10(8)12;1-7(2)8-5-3-4-6-9(8)10;1-2/h5-7,12H,1-4H3;3-7H,10H2,1-2H3;1-2H3. The van der Waals surface area contributed by atoms with Crippen molar-refractivity contribution in [1.82, 2.24) is 0 Å². The fourth-order valence-corrected chi connectivity index (χ4v) is 2.68. The molecule has 0 aliphatic carbocycles. The van der Waals surface area contributed by atoms with Gasteiger partial charge in [-0.2, -0.15) is 0 Å². The first-order valence-electron chi connectivity index (χ1n) is 8.78. The Kier molecular flexibility index (Phi) is 9.84. The van der Waals surface area contributed by atoms with Gasteiger partial charge in [0, 0.05) is 10.6 Å². The second-order valence-corrected chi connectivity index (χ2v) is 7.47. The van der Waals surface area contributed by atoms with Gasteiger partial charge in [0.05, 0.1) is 0 Å². The lowest BCUT2D eigenvalue weighted by molar-refractivity contribution is 0.584. The Morgan fingerprint density at radius 2 is 1.46 bits per heavy atom. The smallest absolute Gasteiger partial charge is 0.0349 e. The second kappa shape index (κ2) is 10.5. The molecule has 0 aliphatic heterocycles. The molecule has 0 spiro atoms. The molecule has 134 valence electrons. The maximum atomic E-state index is 5.72. The van der Waals surface area contributed by atoms with E-state index in [9.17, 15) is 0 Å². The summed E-state index contributed by atoms with van der Waals surface area (Å²) >= 11 is 4.40. The van der Waals surface area contributed by atoms with E-state index in [1.54, 1.807) is 0 Å². The first-order valence-corrected chi connectivity index (χ1v) is 9.22. The van der Waals surface area contributed by atoms with Crippen LogP contribution in [0.2, 0.25) is 0 Å². The average Bonchev–Trinajstić information content (AvgIpc) is 2.51. The number of anilines is 1. The third-order valence-electron chi connectivity index (χ3n) is 3.73. The van der Waals surface area contributed by atoms with Crippen LogP contribution in [0.3, 0.4) is 0 Å². The van der Waals surface area contributed by atoms with Gasteiger partial charge in [-0.05, 0) is 47.1 Å². The van der Waals surface area contributed by atoms with Gasteiger partial charge < -0.3 is 5.73 Å². The molecule has 0 radical (unpaired) electrons. The maximum Gasteiger partial charge on any atom is 0.0349 e. The lowest BCUT2D eigenvalue weighted by Crippen LogP contribution is -2.12. The van der Waals surface area contributed by atoms with E-state index in [4.69, 9.17) is 5.73 Å². The van der Waals surface area contributed by atoms with Crippen molar-refractivity contribution in [2.75, 3.05) is 5.73 Å². The molecule has 2 aromatic carbocycles. The minimum atomic E-state index is 0.225. The van der Waals surface area contributed by atoms with Crippen molar-refractivity contribution in [3.63, 3.8) is 0 Å². The van der Waals surface area contributed by atoms with Gasteiger partial charge in [-0.25, -0.2) is 0 Å². The number of nitrogens with two attached hydrogens (primary N) is 1. The van der Waals surface area contributed by atoms with Crippen LogP contribution in [-0.4, -0.2) is 0 Å². The Balaban J connectivity index is 0.000000405. The van der Waals surface area contributed by atoms with E-state index in [0.29, 0.717) is 5.92 Å². The molecule has 0 saturated carbocycles. The van der Waals surface area contributed by atoms with Gasteiger partial charge in [-0.15, -0.1) is 12.6 Å². The van der Waals surface area contributed by atoms with Crippen LogP contribution in [0.5, 0.6) is 0 Å². The third kappa shape index (κ3) is 7.00. The van der Waals surface area contributed by atoms with Crippen molar-refractivity contribution >= 4 is 18.3 Å². The van der Waals surface area contributed by atoms with Crippen LogP contribution >= 0.6 is 12.6 Å². The minimum Gasteiger partial charge on any atom is -0.398 e. The Morgan fingerprint density at radius 1 is 0.917 bits per heavy atom. The first kappa shape index (κ1) is 22.6. The Labute approximate surface area is 155 Å². The molecule has 2 heteroatoms. The van der Waals surface area contributed by atoms with Gasteiger partial charge in [-0.3, -0.25) is 0 Å². The molecule has 0 fully saturated rings. The lowest BCUT2D eigenvalue weighted by Gasteiger charge is -2.22.